The standard InChI is InChI=1S/C23H29NO2/c1-15(2)21-11-7-8-16(3)22(21)24-23(25)17(4)26-20-13-12-18-9-5-6-10-19(18)14-20/h7-8,11-15,17H,5-6,9-10H2,1-4H3,(H,24,25)/t17-/m1/s1. The second-order valence-corrected chi connectivity index (χ2v) is 7.58. The summed E-state index contributed by atoms with van der Waals surface area (Å²) in [6, 6.07) is 12.4. The predicted octanol–water partition coefficient (Wildman–Crippen LogP) is 5.40. The van der Waals surface area contributed by atoms with Gasteiger partial charge in [-0.15, -0.1) is 0 Å². The number of benzene rings is 2. The molecule has 0 saturated heterocycles. The number of hydrogen-bond acceptors (Lipinski definition) is 2. The number of hydrogen-bond donors (Lipinski definition) is 1. The van der Waals surface area contributed by atoms with Gasteiger partial charge in [0.05, 0.1) is 0 Å². The summed E-state index contributed by atoms with van der Waals surface area (Å²) < 4.78 is 5.94. The second-order valence-electron chi connectivity index (χ2n) is 7.58. The van der Waals surface area contributed by atoms with Crippen LogP contribution in [-0.4, -0.2) is 12.0 Å². The van der Waals surface area contributed by atoms with Crippen LogP contribution in [0, 0.1) is 6.92 Å². The highest BCUT2D eigenvalue weighted by Gasteiger charge is 2.19. The number of fused-ring (bicyclic) bond motifs is 1. The first-order chi connectivity index (χ1) is 12.5. The van der Waals surface area contributed by atoms with Gasteiger partial charge in [-0.1, -0.05) is 38.1 Å². The van der Waals surface area contributed by atoms with Crippen molar-refractivity contribution < 1.29 is 9.53 Å². The number of anilines is 1. The number of para-hydroxylation sites is 1. The monoisotopic (exact) mass is 351 g/mol. The summed E-state index contributed by atoms with van der Waals surface area (Å²) in [5.41, 5.74) is 5.92. The van der Waals surface area contributed by atoms with E-state index in [0.717, 1.165) is 35.4 Å². The van der Waals surface area contributed by atoms with Crippen LogP contribution in [0.3, 0.4) is 0 Å². The highest BCUT2D eigenvalue weighted by Crippen LogP contribution is 2.28. The highest BCUT2D eigenvalue weighted by molar-refractivity contribution is 5.95. The maximum Gasteiger partial charge on any atom is 0.265 e. The van der Waals surface area contributed by atoms with E-state index in [4.69, 9.17) is 4.74 Å². The van der Waals surface area contributed by atoms with E-state index in [0.29, 0.717) is 5.92 Å². The summed E-state index contributed by atoms with van der Waals surface area (Å²) >= 11 is 0. The summed E-state index contributed by atoms with van der Waals surface area (Å²) in [5.74, 6) is 1.02. The van der Waals surface area contributed by atoms with E-state index in [9.17, 15) is 4.79 Å². The first-order valence-electron chi connectivity index (χ1n) is 9.64. The van der Waals surface area contributed by atoms with Crippen molar-refractivity contribution in [2.75, 3.05) is 5.32 Å². The fraction of sp³-hybridized carbons (Fsp3) is 0.435. The zero-order valence-electron chi connectivity index (χ0n) is 16.3. The van der Waals surface area contributed by atoms with E-state index in [2.05, 4.69) is 37.4 Å². The third kappa shape index (κ3) is 4.09. The summed E-state index contributed by atoms with van der Waals surface area (Å²) in [5, 5.41) is 3.08. The minimum atomic E-state index is -0.545. The molecule has 26 heavy (non-hydrogen) atoms. The van der Waals surface area contributed by atoms with Crippen LogP contribution >= 0.6 is 0 Å². The first kappa shape index (κ1) is 18.5. The highest BCUT2D eigenvalue weighted by atomic mass is 16.5. The Morgan fingerprint density at radius 1 is 1.04 bits per heavy atom. The average molecular weight is 351 g/mol. The number of carbonyl (C=O) groups is 1. The molecule has 138 valence electrons. The molecule has 2 aromatic rings. The van der Waals surface area contributed by atoms with Crippen molar-refractivity contribution in [2.24, 2.45) is 0 Å². The summed E-state index contributed by atoms with van der Waals surface area (Å²) in [6.45, 7) is 8.10. The molecule has 0 aromatic heterocycles. The number of aryl methyl sites for hydroxylation is 3. The molecule has 0 unspecified atom stereocenters. The molecule has 1 amide bonds. The topological polar surface area (TPSA) is 38.3 Å². The van der Waals surface area contributed by atoms with Crippen LogP contribution in [0.15, 0.2) is 36.4 Å². The van der Waals surface area contributed by atoms with Gasteiger partial charge < -0.3 is 10.1 Å². The molecule has 3 heteroatoms. The van der Waals surface area contributed by atoms with E-state index >= 15 is 0 Å². The molecule has 0 radical (unpaired) electrons. The van der Waals surface area contributed by atoms with Crippen molar-refractivity contribution in [3.63, 3.8) is 0 Å². The third-order valence-electron chi connectivity index (χ3n) is 5.18. The third-order valence-corrected chi connectivity index (χ3v) is 5.18. The molecule has 0 heterocycles. The Kier molecular flexibility index (Phi) is 5.65. The van der Waals surface area contributed by atoms with E-state index in [1.807, 2.05) is 32.0 Å². The zero-order chi connectivity index (χ0) is 18.7. The van der Waals surface area contributed by atoms with Gasteiger partial charge in [0.1, 0.15) is 5.75 Å². The Hall–Kier alpha value is -2.29. The van der Waals surface area contributed by atoms with Crippen LogP contribution in [0.25, 0.3) is 0 Å². The van der Waals surface area contributed by atoms with Gasteiger partial charge in [-0.25, -0.2) is 0 Å². The molecule has 3 rings (SSSR count). The van der Waals surface area contributed by atoms with Crippen LogP contribution in [-0.2, 0) is 17.6 Å². The minimum absolute atomic E-state index is 0.112. The Labute approximate surface area is 156 Å². The smallest absolute Gasteiger partial charge is 0.265 e. The van der Waals surface area contributed by atoms with Gasteiger partial charge in [0, 0.05) is 5.69 Å². The number of carbonyl (C=O) groups excluding carboxylic acids is 1. The molecule has 0 bridgehead atoms. The van der Waals surface area contributed by atoms with Gasteiger partial charge in [-0.2, -0.15) is 0 Å². The Morgan fingerprint density at radius 2 is 1.77 bits per heavy atom. The van der Waals surface area contributed by atoms with E-state index < -0.39 is 6.10 Å². The van der Waals surface area contributed by atoms with Crippen molar-refractivity contribution in [3.8, 4) is 5.75 Å². The molecule has 0 saturated carbocycles. The van der Waals surface area contributed by atoms with Gasteiger partial charge in [0.25, 0.3) is 5.91 Å². The normalized spacial score (nSPS) is 14.7. The Bertz CT molecular complexity index is 795. The molecule has 1 N–H and O–H groups in total. The van der Waals surface area contributed by atoms with Gasteiger partial charge in [-0.05, 0) is 79.8 Å². The van der Waals surface area contributed by atoms with Crippen molar-refractivity contribution in [1.82, 2.24) is 0 Å². The molecular formula is C23H29NO2. The van der Waals surface area contributed by atoms with Crippen LogP contribution in [0.5, 0.6) is 5.75 Å². The fourth-order valence-corrected chi connectivity index (χ4v) is 3.61. The van der Waals surface area contributed by atoms with Gasteiger partial charge in [0.2, 0.25) is 0 Å². The molecule has 0 fully saturated rings. The number of nitrogens with one attached hydrogen (secondary N) is 1. The van der Waals surface area contributed by atoms with E-state index in [1.165, 1.54) is 24.0 Å². The van der Waals surface area contributed by atoms with Crippen LogP contribution in [0.1, 0.15) is 61.8 Å². The van der Waals surface area contributed by atoms with Gasteiger partial charge >= 0.3 is 0 Å². The van der Waals surface area contributed by atoms with Crippen molar-refractivity contribution in [2.45, 2.75) is 65.4 Å². The fourth-order valence-electron chi connectivity index (χ4n) is 3.61. The largest absolute Gasteiger partial charge is 0.481 e. The summed E-state index contributed by atoms with van der Waals surface area (Å²) in [7, 11) is 0. The first-order valence-corrected chi connectivity index (χ1v) is 9.64. The molecule has 3 nitrogen and oxygen atoms in total. The quantitative estimate of drug-likeness (QED) is 0.783. The Balaban J connectivity index is 1.71. The van der Waals surface area contributed by atoms with Crippen LogP contribution in [0.2, 0.25) is 0 Å². The Morgan fingerprint density at radius 3 is 2.50 bits per heavy atom. The number of ether oxygens (including phenoxy) is 1. The lowest BCUT2D eigenvalue weighted by atomic mass is 9.92. The second kappa shape index (κ2) is 7.94. The lowest BCUT2D eigenvalue weighted by molar-refractivity contribution is -0.122. The molecule has 0 aliphatic heterocycles. The summed E-state index contributed by atoms with van der Waals surface area (Å²) in [6.07, 6.45) is 4.21. The minimum Gasteiger partial charge on any atom is -0.481 e. The van der Waals surface area contributed by atoms with Crippen molar-refractivity contribution in [3.05, 3.63) is 58.7 Å². The van der Waals surface area contributed by atoms with E-state index in [1.54, 1.807) is 0 Å². The SMILES string of the molecule is Cc1cccc(C(C)C)c1NC(=O)[C@@H](C)Oc1ccc2c(c1)CCCC2. The molecular weight excluding hydrogens is 322 g/mol. The molecule has 2 aromatic carbocycles. The maximum absolute atomic E-state index is 12.7. The van der Waals surface area contributed by atoms with E-state index in [-0.39, 0.29) is 5.91 Å². The zero-order valence-corrected chi connectivity index (χ0v) is 16.3. The molecule has 1 aliphatic carbocycles. The number of rotatable bonds is 5. The van der Waals surface area contributed by atoms with Crippen molar-refractivity contribution >= 4 is 11.6 Å². The molecule has 1 atom stereocenters. The lowest BCUT2D eigenvalue weighted by Gasteiger charge is -2.21. The van der Waals surface area contributed by atoms with Gasteiger partial charge in [0.15, 0.2) is 6.10 Å². The number of amides is 1. The van der Waals surface area contributed by atoms with Crippen LogP contribution < -0.4 is 10.1 Å². The maximum atomic E-state index is 12.7. The molecule has 0 spiro atoms. The summed E-state index contributed by atoms with van der Waals surface area (Å²) in [4.78, 5) is 12.7. The van der Waals surface area contributed by atoms with Gasteiger partial charge in [-0.3, -0.25) is 4.79 Å². The van der Waals surface area contributed by atoms with Crippen molar-refractivity contribution in [1.29, 1.82) is 0 Å². The molecule has 1 aliphatic rings. The predicted molar refractivity (Wildman–Crippen MR) is 107 cm³/mol. The lowest BCUT2D eigenvalue weighted by Crippen LogP contribution is -2.31. The average Bonchev–Trinajstić information content (AvgIpc) is 2.63. The van der Waals surface area contributed by atoms with Crippen LogP contribution in [0.4, 0.5) is 5.69 Å².